The molecule has 2 heterocycles. The average molecular weight is 703 g/mol. The molecular formula is C36H46N8O7. The van der Waals surface area contributed by atoms with E-state index in [9.17, 15) is 33.6 Å². The van der Waals surface area contributed by atoms with Crippen molar-refractivity contribution in [2.45, 2.75) is 77.7 Å². The van der Waals surface area contributed by atoms with Gasteiger partial charge in [0.05, 0.1) is 17.6 Å². The SMILES string of the molecule is Cc1nn(CC(=O)N[C@H]2CCCNC(=O)CN(C)C(=O)[C@H](Cc3ccccc3)NC(=O)[C@@H](C)NC(=O)[C@@H](C(C)C)NC2=O)c(=O)c2ccccc12. The summed E-state index contributed by atoms with van der Waals surface area (Å²) in [6.07, 6.45) is 0.467. The van der Waals surface area contributed by atoms with Crippen molar-refractivity contribution >= 4 is 46.2 Å². The Morgan fingerprint density at radius 1 is 0.902 bits per heavy atom. The monoisotopic (exact) mass is 702 g/mol. The van der Waals surface area contributed by atoms with E-state index in [0.29, 0.717) is 16.5 Å². The maximum Gasteiger partial charge on any atom is 0.275 e. The van der Waals surface area contributed by atoms with E-state index < -0.39 is 77.6 Å². The average Bonchev–Trinajstić information content (AvgIpc) is 3.09. The molecule has 0 radical (unpaired) electrons. The lowest BCUT2D eigenvalue weighted by Gasteiger charge is -2.28. The Morgan fingerprint density at radius 3 is 2.25 bits per heavy atom. The first-order chi connectivity index (χ1) is 24.2. The quantitative estimate of drug-likeness (QED) is 0.235. The first-order valence-electron chi connectivity index (χ1n) is 17.0. The van der Waals surface area contributed by atoms with Gasteiger partial charge in [0.1, 0.15) is 30.7 Å². The van der Waals surface area contributed by atoms with Crippen LogP contribution < -0.4 is 32.1 Å². The van der Waals surface area contributed by atoms with Crippen LogP contribution in [0.3, 0.4) is 0 Å². The van der Waals surface area contributed by atoms with Crippen LogP contribution in [-0.2, 0) is 41.7 Å². The number of carbonyl (C=O) groups excluding carboxylic acids is 6. The summed E-state index contributed by atoms with van der Waals surface area (Å²) in [5, 5.41) is 18.8. The number of aromatic nitrogens is 2. The summed E-state index contributed by atoms with van der Waals surface area (Å²) in [6, 6.07) is 11.6. The highest BCUT2D eigenvalue weighted by Crippen LogP contribution is 2.12. The Morgan fingerprint density at radius 2 is 1.57 bits per heavy atom. The molecule has 2 aromatic carbocycles. The zero-order valence-electron chi connectivity index (χ0n) is 29.5. The van der Waals surface area contributed by atoms with Gasteiger partial charge in [-0.3, -0.25) is 33.6 Å². The van der Waals surface area contributed by atoms with E-state index in [1.165, 1.54) is 18.9 Å². The second-order valence-corrected chi connectivity index (χ2v) is 13.1. The number of nitrogens with one attached hydrogen (secondary N) is 5. The van der Waals surface area contributed by atoms with Crippen LogP contribution in [0.15, 0.2) is 59.4 Å². The molecule has 4 atom stereocenters. The molecule has 4 rings (SSSR count). The lowest BCUT2D eigenvalue weighted by atomic mass is 10.0. The number of hydrogen-bond donors (Lipinski definition) is 5. The minimum absolute atomic E-state index is 0.0656. The van der Waals surface area contributed by atoms with Gasteiger partial charge in [-0.1, -0.05) is 62.4 Å². The van der Waals surface area contributed by atoms with Gasteiger partial charge in [0.2, 0.25) is 35.4 Å². The van der Waals surface area contributed by atoms with E-state index >= 15 is 0 Å². The Bertz CT molecular complexity index is 1830. The number of carbonyl (C=O) groups is 6. The van der Waals surface area contributed by atoms with Crippen LogP contribution in [-0.4, -0.2) is 94.4 Å². The maximum atomic E-state index is 13.7. The Kier molecular flexibility index (Phi) is 13.0. The predicted molar refractivity (Wildman–Crippen MR) is 189 cm³/mol. The summed E-state index contributed by atoms with van der Waals surface area (Å²) in [7, 11) is 1.45. The zero-order chi connectivity index (χ0) is 37.2. The lowest BCUT2D eigenvalue weighted by Crippen LogP contribution is -2.59. The van der Waals surface area contributed by atoms with Crippen molar-refractivity contribution in [2.75, 3.05) is 20.1 Å². The Hall–Kier alpha value is -5.60. The fourth-order valence-corrected chi connectivity index (χ4v) is 5.81. The molecule has 5 N–H and O–H groups in total. The van der Waals surface area contributed by atoms with E-state index in [1.807, 2.05) is 30.3 Å². The standard InChI is InChI=1S/C36H46N8O7/c1-21(2)31-34(49)38-23(4)32(47)40-28(18-24-12-7-6-8-13-24)36(51)43(5)19-29(45)37-17-11-16-27(33(48)41-31)39-30(46)20-44-35(50)26-15-10-9-14-25(26)22(3)42-44/h6-10,12-15,21,23,27-28,31H,11,16-20H2,1-5H3,(H,37,45)(H,38,49)(H,39,46)(H,40,47)(H,41,48)/t23-,27+,28+,31-/m1/s1. The van der Waals surface area contributed by atoms with Crippen molar-refractivity contribution in [2.24, 2.45) is 5.92 Å². The Balaban J connectivity index is 1.54. The van der Waals surface area contributed by atoms with Crippen LogP contribution in [0.2, 0.25) is 0 Å². The second kappa shape index (κ2) is 17.4. The molecule has 1 saturated heterocycles. The van der Waals surface area contributed by atoms with E-state index in [2.05, 4.69) is 31.7 Å². The van der Waals surface area contributed by atoms with Crippen LogP contribution in [0, 0.1) is 12.8 Å². The number of fused-ring (bicyclic) bond motifs is 1. The van der Waals surface area contributed by atoms with Gasteiger partial charge in [-0.05, 0) is 44.2 Å². The van der Waals surface area contributed by atoms with Crippen LogP contribution in [0.5, 0.6) is 0 Å². The fraction of sp³-hybridized carbons (Fsp3) is 0.444. The normalized spacial score (nSPS) is 21.6. The van der Waals surface area contributed by atoms with Gasteiger partial charge in [0.25, 0.3) is 5.56 Å². The van der Waals surface area contributed by atoms with Crippen LogP contribution in [0.25, 0.3) is 10.8 Å². The maximum absolute atomic E-state index is 13.7. The number of benzene rings is 2. The molecule has 1 aliphatic rings. The third-order valence-corrected chi connectivity index (χ3v) is 8.64. The fourth-order valence-electron chi connectivity index (χ4n) is 5.81. The van der Waals surface area contributed by atoms with E-state index in [4.69, 9.17) is 0 Å². The third-order valence-electron chi connectivity index (χ3n) is 8.64. The summed E-state index contributed by atoms with van der Waals surface area (Å²) in [5.74, 6) is -3.97. The van der Waals surface area contributed by atoms with Gasteiger partial charge in [-0.2, -0.15) is 5.10 Å². The summed E-state index contributed by atoms with van der Waals surface area (Å²) < 4.78 is 1.03. The Labute approximate surface area is 295 Å². The smallest absolute Gasteiger partial charge is 0.275 e. The van der Waals surface area contributed by atoms with E-state index in [1.54, 1.807) is 45.0 Å². The van der Waals surface area contributed by atoms with Crippen molar-refractivity contribution < 1.29 is 28.8 Å². The summed E-state index contributed by atoms with van der Waals surface area (Å²) >= 11 is 0. The third kappa shape index (κ3) is 10.2. The molecule has 51 heavy (non-hydrogen) atoms. The van der Waals surface area contributed by atoms with Crippen LogP contribution in [0.1, 0.15) is 44.9 Å². The highest BCUT2D eigenvalue weighted by atomic mass is 16.2. The highest BCUT2D eigenvalue weighted by Gasteiger charge is 2.32. The number of aryl methyl sites for hydroxylation is 1. The van der Waals surface area contributed by atoms with Gasteiger partial charge >= 0.3 is 0 Å². The molecule has 1 aliphatic heterocycles. The number of rotatable bonds is 6. The van der Waals surface area contributed by atoms with E-state index in [-0.39, 0.29) is 32.4 Å². The first kappa shape index (κ1) is 38.2. The number of amides is 6. The van der Waals surface area contributed by atoms with Gasteiger partial charge in [0, 0.05) is 25.4 Å². The zero-order valence-corrected chi connectivity index (χ0v) is 29.5. The van der Waals surface area contributed by atoms with Crippen LogP contribution >= 0.6 is 0 Å². The number of nitrogens with zero attached hydrogens (tertiary/aromatic N) is 3. The van der Waals surface area contributed by atoms with Crippen molar-refractivity contribution in [3.8, 4) is 0 Å². The molecule has 0 bridgehead atoms. The minimum Gasteiger partial charge on any atom is -0.355 e. The van der Waals surface area contributed by atoms with Gasteiger partial charge in [-0.15, -0.1) is 0 Å². The summed E-state index contributed by atoms with van der Waals surface area (Å²) in [5.41, 5.74) is 0.871. The van der Waals surface area contributed by atoms with Gasteiger partial charge < -0.3 is 31.5 Å². The highest BCUT2D eigenvalue weighted by molar-refractivity contribution is 5.96. The van der Waals surface area contributed by atoms with Gasteiger partial charge in [0.15, 0.2) is 0 Å². The molecule has 0 aliphatic carbocycles. The molecule has 15 heteroatoms. The van der Waals surface area contributed by atoms with Crippen molar-refractivity contribution in [3.05, 3.63) is 76.2 Å². The van der Waals surface area contributed by atoms with Crippen molar-refractivity contribution in [1.82, 2.24) is 41.3 Å². The van der Waals surface area contributed by atoms with E-state index in [0.717, 1.165) is 10.2 Å². The molecule has 1 fully saturated rings. The van der Waals surface area contributed by atoms with Gasteiger partial charge in [-0.25, -0.2) is 4.68 Å². The number of likely N-dealkylation sites (N-methyl/N-ethyl adjacent to an activating group) is 1. The molecule has 6 amide bonds. The van der Waals surface area contributed by atoms with Crippen molar-refractivity contribution in [3.63, 3.8) is 0 Å². The summed E-state index contributed by atoms with van der Waals surface area (Å²) in [4.78, 5) is 94.3. The largest absolute Gasteiger partial charge is 0.355 e. The first-order valence-corrected chi connectivity index (χ1v) is 17.0. The lowest BCUT2D eigenvalue weighted by molar-refractivity contribution is -0.139. The molecule has 15 nitrogen and oxygen atoms in total. The molecule has 0 unspecified atom stereocenters. The number of hydrogen-bond acceptors (Lipinski definition) is 8. The summed E-state index contributed by atoms with van der Waals surface area (Å²) in [6.45, 7) is 5.97. The van der Waals surface area contributed by atoms with Crippen molar-refractivity contribution in [1.29, 1.82) is 0 Å². The second-order valence-electron chi connectivity index (χ2n) is 13.1. The topological polar surface area (TPSA) is 201 Å². The molecule has 272 valence electrons. The predicted octanol–water partition coefficient (Wildman–Crippen LogP) is -0.0689. The molecular weight excluding hydrogens is 656 g/mol. The molecule has 1 aromatic heterocycles. The molecule has 0 spiro atoms. The minimum atomic E-state index is -1.15. The molecule has 0 saturated carbocycles. The molecule has 3 aromatic rings. The van der Waals surface area contributed by atoms with Crippen LogP contribution in [0.4, 0.5) is 0 Å².